The van der Waals surface area contributed by atoms with E-state index in [1.807, 2.05) is 31.2 Å². The Morgan fingerprint density at radius 1 is 1.44 bits per heavy atom. The Bertz CT molecular complexity index is 680. The Morgan fingerprint density at radius 3 is 2.92 bits per heavy atom. The number of piperidine rings is 1. The first-order valence-electron chi connectivity index (χ1n) is 8.23. The summed E-state index contributed by atoms with van der Waals surface area (Å²) in [5, 5.41) is 11.4. The number of nitrogens with one attached hydrogen (secondary N) is 1. The number of alkyl halides is 1. The van der Waals surface area contributed by atoms with Crippen LogP contribution in [0.2, 0.25) is 0 Å². The number of benzene rings is 1. The molecule has 0 spiro atoms. The van der Waals surface area contributed by atoms with Crippen molar-refractivity contribution < 1.29 is 13.9 Å². The topological polar surface area (TPSA) is 67.3 Å². The minimum Gasteiger partial charge on any atom is -0.445 e. The summed E-state index contributed by atoms with van der Waals surface area (Å²) in [5.41, 5.74) is 3.70. The summed E-state index contributed by atoms with van der Waals surface area (Å²) in [4.78, 5) is 13.6. The number of rotatable bonds is 5. The Labute approximate surface area is 150 Å². The smallest absolute Gasteiger partial charge is 0.410 e. The van der Waals surface area contributed by atoms with Crippen molar-refractivity contribution in [3.8, 4) is 0 Å². The largest absolute Gasteiger partial charge is 0.445 e. The molecule has 1 fully saturated rings. The fourth-order valence-electron chi connectivity index (χ4n) is 2.74. The number of aryl methyl sites for hydroxylation is 1. The number of anilines is 1. The molecule has 0 unspecified atom stereocenters. The number of carbonyl (C=O) groups is 1. The highest BCUT2D eigenvalue weighted by molar-refractivity contribution is 7.13. The lowest BCUT2D eigenvalue weighted by Crippen LogP contribution is -2.46. The Morgan fingerprint density at radius 2 is 2.24 bits per heavy atom. The van der Waals surface area contributed by atoms with Gasteiger partial charge in [-0.25, -0.2) is 9.18 Å². The molecule has 0 radical (unpaired) electrons. The molecule has 1 N–H and O–H groups in total. The van der Waals surface area contributed by atoms with E-state index in [4.69, 9.17) is 4.74 Å². The summed E-state index contributed by atoms with van der Waals surface area (Å²) >= 11 is 1.38. The third kappa shape index (κ3) is 4.88. The molecule has 1 aliphatic rings. The van der Waals surface area contributed by atoms with Crippen LogP contribution in [0.1, 0.15) is 17.5 Å². The van der Waals surface area contributed by atoms with Crippen molar-refractivity contribution in [3.63, 3.8) is 0 Å². The van der Waals surface area contributed by atoms with Crippen LogP contribution in [0.3, 0.4) is 0 Å². The van der Waals surface area contributed by atoms with Gasteiger partial charge in [0.15, 0.2) is 0 Å². The van der Waals surface area contributed by atoms with Gasteiger partial charge in [0.1, 0.15) is 18.3 Å². The standard InChI is InChI=1S/C17H21FN4O2S/c1-12-2-4-13(5-3-12)10-24-17(23)22-7-6-14(15(18)9-22)8-19-16-21-20-11-25-16/h2-5,11,14-15H,6-10H2,1H3,(H,19,21)/t14-,15+/m0/s1. The lowest BCUT2D eigenvalue weighted by molar-refractivity contribution is 0.0544. The van der Waals surface area contributed by atoms with Crippen LogP contribution in [-0.4, -0.2) is 47.0 Å². The van der Waals surface area contributed by atoms with Crippen molar-refractivity contribution >= 4 is 22.6 Å². The summed E-state index contributed by atoms with van der Waals surface area (Å²) in [6, 6.07) is 7.78. The number of halogens is 1. The van der Waals surface area contributed by atoms with Crippen LogP contribution in [0.5, 0.6) is 0 Å². The van der Waals surface area contributed by atoms with Gasteiger partial charge in [-0.05, 0) is 18.9 Å². The van der Waals surface area contributed by atoms with Crippen LogP contribution in [0.4, 0.5) is 14.3 Å². The zero-order chi connectivity index (χ0) is 17.6. The molecule has 0 aliphatic carbocycles. The molecule has 1 aromatic heterocycles. The Balaban J connectivity index is 1.43. The normalized spacial score (nSPS) is 20.3. The first kappa shape index (κ1) is 17.6. The van der Waals surface area contributed by atoms with Gasteiger partial charge in [0, 0.05) is 19.0 Å². The molecule has 0 saturated carbocycles. The van der Waals surface area contributed by atoms with Gasteiger partial charge in [-0.15, -0.1) is 10.2 Å². The van der Waals surface area contributed by atoms with Crippen LogP contribution >= 0.6 is 11.3 Å². The molecule has 1 saturated heterocycles. The number of ether oxygens (including phenoxy) is 1. The van der Waals surface area contributed by atoms with E-state index in [-0.39, 0.29) is 19.1 Å². The first-order chi connectivity index (χ1) is 12.1. The van der Waals surface area contributed by atoms with Crippen LogP contribution in [0.15, 0.2) is 29.8 Å². The van der Waals surface area contributed by atoms with Gasteiger partial charge in [0.2, 0.25) is 5.13 Å². The van der Waals surface area contributed by atoms with Gasteiger partial charge in [-0.1, -0.05) is 41.2 Å². The number of aromatic nitrogens is 2. The van der Waals surface area contributed by atoms with E-state index in [0.29, 0.717) is 24.6 Å². The van der Waals surface area contributed by atoms with Crippen LogP contribution in [-0.2, 0) is 11.3 Å². The molecule has 1 aromatic carbocycles. The molecule has 25 heavy (non-hydrogen) atoms. The van der Waals surface area contributed by atoms with E-state index in [0.717, 1.165) is 11.1 Å². The maximum absolute atomic E-state index is 14.4. The molecular formula is C17H21FN4O2S. The minimum atomic E-state index is -1.08. The van der Waals surface area contributed by atoms with Crippen LogP contribution in [0.25, 0.3) is 0 Å². The summed E-state index contributed by atoms with van der Waals surface area (Å²) in [5.74, 6) is -0.148. The fourth-order valence-corrected chi connectivity index (χ4v) is 3.19. The number of likely N-dealkylation sites (tertiary alicyclic amines) is 1. The summed E-state index contributed by atoms with van der Waals surface area (Å²) in [7, 11) is 0. The molecule has 2 aromatic rings. The zero-order valence-electron chi connectivity index (χ0n) is 14.0. The monoisotopic (exact) mass is 364 g/mol. The third-order valence-corrected chi connectivity index (χ3v) is 4.94. The highest BCUT2D eigenvalue weighted by atomic mass is 32.1. The lowest BCUT2D eigenvalue weighted by Gasteiger charge is -2.34. The van der Waals surface area contributed by atoms with E-state index in [1.165, 1.54) is 16.2 Å². The molecule has 1 aliphatic heterocycles. The minimum absolute atomic E-state index is 0.0647. The summed E-state index contributed by atoms with van der Waals surface area (Å²) < 4.78 is 19.7. The highest BCUT2D eigenvalue weighted by Crippen LogP contribution is 2.22. The quantitative estimate of drug-likeness (QED) is 0.882. The van der Waals surface area contributed by atoms with Crippen molar-refractivity contribution in [2.45, 2.75) is 26.1 Å². The summed E-state index contributed by atoms with van der Waals surface area (Å²) in [6.45, 7) is 3.25. The second kappa shape index (κ2) is 8.24. The average Bonchev–Trinajstić information content (AvgIpc) is 3.13. The van der Waals surface area contributed by atoms with Gasteiger partial charge >= 0.3 is 6.09 Å². The predicted octanol–water partition coefficient (Wildman–Crippen LogP) is 3.26. The van der Waals surface area contributed by atoms with Gasteiger partial charge < -0.3 is 15.0 Å². The van der Waals surface area contributed by atoms with E-state index in [1.54, 1.807) is 5.51 Å². The number of carbonyl (C=O) groups excluding carboxylic acids is 1. The molecule has 2 heterocycles. The molecule has 0 bridgehead atoms. The lowest BCUT2D eigenvalue weighted by atomic mass is 9.95. The first-order valence-corrected chi connectivity index (χ1v) is 9.11. The predicted molar refractivity (Wildman–Crippen MR) is 94.3 cm³/mol. The number of hydrogen-bond acceptors (Lipinski definition) is 6. The van der Waals surface area contributed by atoms with Gasteiger partial charge in [-0.2, -0.15) is 0 Å². The summed E-state index contributed by atoms with van der Waals surface area (Å²) in [6.07, 6.45) is -0.952. The molecule has 3 rings (SSSR count). The number of amides is 1. The average molecular weight is 364 g/mol. The second-order valence-corrected chi connectivity index (χ2v) is 7.01. The van der Waals surface area contributed by atoms with Crippen LogP contribution < -0.4 is 5.32 Å². The van der Waals surface area contributed by atoms with E-state index >= 15 is 0 Å². The van der Waals surface area contributed by atoms with Gasteiger partial charge in [-0.3, -0.25) is 0 Å². The molecule has 1 amide bonds. The zero-order valence-corrected chi connectivity index (χ0v) is 14.8. The molecule has 134 valence electrons. The van der Waals surface area contributed by atoms with Crippen molar-refractivity contribution in [1.29, 1.82) is 0 Å². The Hall–Kier alpha value is -2.22. The molecular weight excluding hydrogens is 343 g/mol. The van der Waals surface area contributed by atoms with Crippen molar-refractivity contribution in [1.82, 2.24) is 15.1 Å². The number of nitrogens with zero attached hydrogens (tertiary/aromatic N) is 3. The van der Waals surface area contributed by atoms with Gasteiger partial charge in [0.05, 0.1) is 6.54 Å². The highest BCUT2D eigenvalue weighted by Gasteiger charge is 2.32. The van der Waals surface area contributed by atoms with E-state index < -0.39 is 12.3 Å². The second-order valence-electron chi connectivity index (χ2n) is 6.18. The van der Waals surface area contributed by atoms with Crippen molar-refractivity contribution in [2.75, 3.05) is 25.0 Å². The number of hydrogen-bond donors (Lipinski definition) is 1. The molecule has 8 heteroatoms. The van der Waals surface area contributed by atoms with Crippen molar-refractivity contribution in [2.24, 2.45) is 5.92 Å². The van der Waals surface area contributed by atoms with E-state index in [9.17, 15) is 9.18 Å². The third-order valence-electron chi connectivity index (χ3n) is 4.29. The van der Waals surface area contributed by atoms with E-state index in [2.05, 4.69) is 15.5 Å². The van der Waals surface area contributed by atoms with Crippen LogP contribution in [0, 0.1) is 12.8 Å². The maximum Gasteiger partial charge on any atom is 0.410 e. The fraction of sp³-hybridized carbons (Fsp3) is 0.471. The Kier molecular flexibility index (Phi) is 5.80. The molecule has 2 atom stereocenters. The maximum atomic E-state index is 14.4. The van der Waals surface area contributed by atoms with Gasteiger partial charge in [0.25, 0.3) is 0 Å². The SMILES string of the molecule is Cc1ccc(COC(=O)N2CC[C@@H](CNc3nncs3)[C@H](F)C2)cc1. The van der Waals surface area contributed by atoms with Crippen molar-refractivity contribution in [3.05, 3.63) is 40.9 Å². The molecule has 6 nitrogen and oxygen atoms in total.